The normalized spacial score (nSPS) is 22.6. The van der Waals surface area contributed by atoms with Gasteiger partial charge >= 0.3 is 0 Å². The van der Waals surface area contributed by atoms with Gasteiger partial charge in [-0.15, -0.1) is 0 Å². The number of piperidine rings is 1. The molecule has 110 valence electrons. The topological polar surface area (TPSA) is 49.8 Å². The van der Waals surface area contributed by atoms with Crippen molar-refractivity contribution in [1.82, 2.24) is 4.90 Å². The number of para-hydroxylation sites is 1. The summed E-state index contributed by atoms with van der Waals surface area (Å²) in [6.07, 6.45) is 0.538. The van der Waals surface area contributed by atoms with Crippen LogP contribution < -0.4 is 4.74 Å². The summed E-state index contributed by atoms with van der Waals surface area (Å²) >= 11 is 0. The number of amides is 1. The molecule has 1 aromatic carbocycles. The highest BCUT2D eigenvalue weighted by molar-refractivity contribution is 5.76. The molecule has 1 N–H and O–H groups in total. The lowest BCUT2D eigenvalue weighted by atomic mass is 9.96. The van der Waals surface area contributed by atoms with Gasteiger partial charge in [0.15, 0.2) is 11.6 Å². The van der Waals surface area contributed by atoms with Crippen molar-refractivity contribution in [2.75, 3.05) is 19.7 Å². The quantitative estimate of drug-likeness (QED) is 0.916. The third kappa shape index (κ3) is 3.70. The van der Waals surface area contributed by atoms with Crippen LogP contribution in [0.25, 0.3) is 0 Å². The second kappa shape index (κ2) is 6.70. The molecule has 0 bridgehead atoms. The molecule has 1 aliphatic rings. The number of aliphatic hydroxyl groups is 1. The van der Waals surface area contributed by atoms with E-state index in [4.69, 9.17) is 4.74 Å². The molecule has 1 amide bonds. The van der Waals surface area contributed by atoms with Crippen LogP contribution in [0.5, 0.6) is 5.75 Å². The molecule has 0 aliphatic carbocycles. The number of halogens is 1. The van der Waals surface area contributed by atoms with Crippen molar-refractivity contribution in [2.24, 2.45) is 5.92 Å². The monoisotopic (exact) mass is 281 g/mol. The fourth-order valence-corrected chi connectivity index (χ4v) is 2.24. The van der Waals surface area contributed by atoms with E-state index in [9.17, 15) is 14.3 Å². The Morgan fingerprint density at radius 3 is 2.95 bits per heavy atom. The van der Waals surface area contributed by atoms with Gasteiger partial charge in [0.05, 0.1) is 19.1 Å². The number of rotatable bonds is 4. The van der Waals surface area contributed by atoms with E-state index in [1.54, 1.807) is 17.0 Å². The molecule has 1 aliphatic heterocycles. The van der Waals surface area contributed by atoms with E-state index >= 15 is 0 Å². The average Bonchev–Trinajstić information content (AvgIpc) is 2.44. The summed E-state index contributed by atoms with van der Waals surface area (Å²) in [5, 5.41) is 9.76. The molecule has 1 aromatic rings. The molecular weight excluding hydrogens is 261 g/mol. The molecule has 1 heterocycles. The smallest absolute Gasteiger partial charge is 0.226 e. The third-order valence-electron chi connectivity index (χ3n) is 3.68. The minimum atomic E-state index is -0.458. The predicted molar refractivity (Wildman–Crippen MR) is 72.9 cm³/mol. The van der Waals surface area contributed by atoms with Crippen molar-refractivity contribution in [3.63, 3.8) is 0 Å². The summed E-state index contributed by atoms with van der Waals surface area (Å²) in [4.78, 5) is 13.6. The largest absolute Gasteiger partial charge is 0.490 e. The second-order valence-corrected chi connectivity index (χ2v) is 5.20. The Balaban J connectivity index is 1.77. The standard InChI is InChI=1S/C15H20FNO3/c1-11-6-8-17(10-13(11)18)15(19)7-9-20-14-5-3-2-4-12(14)16/h2-5,11,13,18H,6-10H2,1H3. The second-order valence-electron chi connectivity index (χ2n) is 5.20. The van der Waals surface area contributed by atoms with Crippen LogP contribution >= 0.6 is 0 Å². The number of nitrogens with zero attached hydrogens (tertiary/aromatic N) is 1. The van der Waals surface area contributed by atoms with Gasteiger partial charge in [-0.3, -0.25) is 4.79 Å². The van der Waals surface area contributed by atoms with Gasteiger partial charge in [0, 0.05) is 13.1 Å². The third-order valence-corrected chi connectivity index (χ3v) is 3.68. The zero-order valence-corrected chi connectivity index (χ0v) is 11.6. The first-order valence-electron chi connectivity index (χ1n) is 6.91. The molecule has 0 aromatic heterocycles. The van der Waals surface area contributed by atoms with Gasteiger partial charge in [0.2, 0.25) is 5.91 Å². The number of carbonyl (C=O) groups is 1. The molecule has 2 rings (SSSR count). The molecule has 1 fully saturated rings. The number of benzene rings is 1. The Morgan fingerprint density at radius 1 is 1.50 bits per heavy atom. The van der Waals surface area contributed by atoms with Crippen LogP contribution in [-0.2, 0) is 4.79 Å². The van der Waals surface area contributed by atoms with Crippen LogP contribution in [0.3, 0.4) is 0 Å². The molecular formula is C15H20FNO3. The predicted octanol–water partition coefficient (Wildman–Crippen LogP) is 1.82. The first-order valence-corrected chi connectivity index (χ1v) is 6.91. The number of ether oxygens (including phenoxy) is 1. The summed E-state index contributed by atoms with van der Waals surface area (Å²) in [7, 11) is 0. The van der Waals surface area contributed by atoms with Gasteiger partial charge < -0.3 is 14.7 Å². The van der Waals surface area contributed by atoms with Gasteiger partial charge in [-0.2, -0.15) is 0 Å². The first kappa shape index (κ1) is 14.8. The summed E-state index contributed by atoms with van der Waals surface area (Å²) in [5.74, 6) is -0.101. The Morgan fingerprint density at radius 2 is 2.25 bits per heavy atom. The van der Waals surface area contributed by atoms with Crippen molar-refractivity contribution < 1.29 is 19.0 Å². The van der Waals surface area contributed by atoms with Gasteiger partial charge in [-0.25, -0.2) is 4.39 Å². The Bertz CT molecular complexity index is 466. The summed E-state index contributed by atoms with van der Waals surface area (Å²) in [5.41, 5.74) is 0. The lowest BCUT2D eigenvalue weighted by Crippen LogP contribution is -2.46. The van der Waals surface area contributed by atoms with E-state index in [-0.39, 0.29) is 30.6 Å². The number of likely N-dealkylation sites (tertiary alicyclic amines) is 1. The highest BCUT2D eigenvalue weighted by Gasteiger charge is 2.26. The van der Waals surface area contributed by atoms with Crippen molar-refractivity contribution in [2.45, 2.75) is 25.9 Å². The zero-order valence-electron chi connectivity index (χ0n) is 11.6. The van der Waals surface area contributed by atoms with E-state index in [1.807, 2.05) is 6.92 Å². The lowest BCUT2D eigenvalue weighted by Gasteiger charge is -2.34. The zero-order chi connectivity index (χ0) is 14.5. The average molecular weight is 281 g/mol. The molecule has 4 nitrogen and oxygen atoms in total. The lowest BCUT2D eigenvalue weighted by molar-refractivity contribution is -0.136. The van der Waals surface area contributed by atoms with Crippen LogP contribution in [-0.4, -0.2) is 41.7 Å². The molecule has 1 saturated heterocycles. The Kier molecular flexibility index (Phi) is 4.95. The maximum absolute atomic E-state index is 13.3. The van der Waals surface area contributed by atoms with Crippen molar-refractivity contribution in [3.8, 4) is 5.75 Å². The highest BCUT2D eigenvalue weighted by Crippen LogP contribution is 2.18. The van der Waals surface area contributed by atoms with Gasteiger partial charge in [0.25, 0.3) is 0 Å². The molecule has 2 unspecified atom stereocenters. The Hall–Kier alpha value is -1.62. The molecule has 5 heteroatoms. The van der Waals surface area contributed by atoms with Crippen LogP contribution in [0.1, 0.15) is 19.8 Å². The molecule has 0 radical (unpaired) electrons. The maximum atomic E-state index is 13.3. The van der Waals surface area contributed by atoms with E-state index in [1.165, 1.54) is 12.1 Å². The van der Waals surface area contributed by atoms with E-state index in [2.05, 4.69) is 0 Å². The Labute approximate surface area is 118 Å². The van der Waals surface area contributed by atoms with Crippen LogP contribution in [0.15, 0.2) is 24.3 Å². The molecule has 0 saturated carbocycles. The van der Waals surface area contributed by atoms with Crippen molar-refractivity contribution in [1.29, 1.82) is 0 Å². The van der Waals surface area contributed by atoms with E-state index in [0.717, 1.165) is 6.42 Å². The number of aliphatic hydroxyl groups excluding tert-OH is 1. The number of β-amino-alcohol motifs (C(OH)–C–C–N with tert-alkyl or cyclic N) is 1. The summed E-state index contributed by atoms with van der Waals surface area (Å²) in [6, 6.07) is 6.12. The first-order chi connectivity index (χ1) is 9.58. The maximum Gasteiger partial charge on any atom is 0.226 e. The number of hydrogen-bond acceptors (Lipinski definition) is 3. The van der Waals surface area contributed by atoms with E-state index < -0.39 is 11.9 Å². The van der Waals surface area contributed by atoms with Gasteiger partial charge in [-0.05, 0) is 24.5 Å². The number of carbonyl (C=O) groups excluding carboxylic acids is 1. The highest BCUT2D eigenvalue weighted by atomic mass is 19.1. The molecule has 2 atom stereocenters. The summed E-state index contributed by atoms with van der Waals surface area (Å²) < 4.78 is 18.6. The summed E-state index contributed by atoms with van der Waals surface area (Å²) in [6.45, 7) is 3.16. The SMILES string of the molecule is CC1CCN(C(=O)CCOc2ccccc2F)CC1O. The minimum Gasteiger partial charge on any atom is -0.490 e. The van der Waals surface area contributed by atoms with Crippen LogP contribution in [0, 0.1) is 11.7 Å². The van der Waals surface area contributed by atoms with Crippen LogP contribution in [0.4, 0.5) is 4.39 Å². The van der Waals surface area contributed by atoms with Crippen molar-refractivity contribution in [3.05, 3.63) is 30.1 Å². The molecule has 0 spiro atoms. The number of hydrogen-bond donors (Lipinski definition) is 1. The van der Waals surface area contributed by atoms with Gasteiger partial charge in [-0.1, -0.05) is 19.1 Å². The minimum absolute atomic E-state index is 0.0627. The molecule has 20 heavy (non-hydrogen) atoms. The van der Waals surface area contributed by atoms with E-state index in [0.29, 0.717) is 13.1 Å². The van der Waals surface area contributed by atoms with Crippen molar-refractivity contribution >= 4 is 5.91 Å². The van der Waals surface area contributed by atoms with Crippen LogP contribution in [0.2, 0.25) is 0 Å². The van der Waals surface area contributed by atoms with Gasteiger partial charge in [0.1, 0.15) is 0 Å². The fourth-order valence-electron chi connectivity index (χ4n) is 2.24. The fraction of sp³-hybridized carbons (Fsp3) is 0.533.